The molecule has 0 aromatic heterocycles. The lowest BCUT2D eigenvalue weighted by molar-refractivity contribution is -0.116. The highest BCUT2D eigenvalue weighted by Crippen LogP contribution is 2.10. The molecule has 1 aromatic rings. The van der Waals surface area contributed by atoms with E-state index in [0.717, 1.165) is 23.5 Å². The molecule has 116 valence electrons. The monoisotopic (exact) mass is 325 g/mol. The lowest BCUT2D eigenvalue weighted by Gasteiger charge is -2.23. The van der Waals surface area contributed by atoms with Crippen molar-refractivity contribution < 1.29 is 4.79 Å². The molecule has 1 atom stereocenters. The van der Waals surface area contributed by atoms with Crippen LogP contribution in [-0.2, 0) is 4.79 Å². The highest BCUT2D eigenvalue weighted by atomic mass is 32.2. The average Bonchev–Trinajstić information content (AvgIpc) is 2.45. The smallest absolute Gasteiger partial charge is 0.225 e. The normalized spacial score (nSPS) is 12.2. The molecule has 0 bridgehead atoms. The van der Waals surface area contributed by atoms with Crippen molar-refractivity contribution in [3.05, 3.63) is 29.8 Å². The van der Waals surface area contributed by atoms with E-state index in [4.69, 9.17) is 18.0 Å². The first-order valence-corrected chi connectivity index (χ1v) is 8.63. The van der Waals surface area contributed by atoms with Crippen LogP contribution in [0.1, 0.15) is 18.9 Å². The molecule has 6 heteroatoms. The molecule has 0 spiro atoms. The predicted molar refractivity (Wildman–Crippen MR) is 96.1 cm³/mol. The van der Waals surface area contributed by atoms with Crippen LogP contribution in [0.25, 0.3) is 0 Å². The second kappa shape index (κ2) is 9.02. The molecule has 0 saturated carbocycles. The van der Waals surface area contributed by atoms with E-state index in [1.54, 1.807) is 0 Å². The summed E-state index contributed by atoms with van der Waals surface area (Å²) in [4.78, 5) is 14.5. The van der Waals surface area contributed by atoms with Gasteiger partial charge in [-0.25, -0.2) is 0 Å². The van der Waals surface area contributed by atoms with Gasteiger partial charge in [-0.2, -0.15) is 11.8 Å². The summed E-state index contributed by atoms with van der Waals surface area (Å²) in [5, 5.41) is 2.88. The number of benzene rings is 1. The fourth-order valence-corrected chi connectivity index (χ4v) is 2.68. The number of nitrogens with one attached hydrogen (secondary N) is 1. The van der Waals surface area contributed by atoms with Gasteiger partial charge in [-0.05, 0) is 44.5 Å². The lowest BCUT2D eigenvalue weighted by atomic mass is 10.2. The summed E-state index contributed by atoms with van der Waals surface area (Å²) >= 11 is 6.71. The van der Waals surface area contributed by atoms with Crippen molar-refractivity contribution in [1.82, 2.24) is 4.90 Å². The molecule has 4 nitrogen and oxygen atoms in total. The van der Waals surface area contributed by atoms with Crippen LogP contribution in [0.3, 0.4) is 0 Å². The summed E-state index contributed by atoms with van der Waals surface area (Å²) in [6, 6.07) is 7.71. The number of hydrogen-bond donors (Lipinski definition) is 2. The Hall–Kier alpha value is -1.11. The standard InChI is InChI=1S/C15H23N3OS2/c1-11(10-21-3)18(2)9-8-14(19)17-13-6-4-12(5-7-13)15(16)20/h4-7,11H,8-10H2,1-3H3,(H2,16,20)(H,17,19). The number of nitrogens with zero attached hydrogens (tertiary/aromatic N) is 1. The second-order valence-corrected chi connectivity index (χ2v) is 6.38. The van der Waals surface area contributed by atoms with Gasteiger partial charge in [0, 0.05) is 36.0 Å². The van der Waals surface area contributed by atoms with Crippen LogP contribution in [0, 0.1) is 0 Å². The number of carbonyl (C=O) groups is 1. The van der Waals surface area contributed by atoms with Crippen molar-refractivity contribution in [3.8, 4) is 0 Å². The Labute approximate surface area is 136 Å². The molecule has 1 rings (SSSR count). The summed E-state index contributed by atoms with van der Waals surface area (Å²) in [5.41, 5.74) is 7.10. The number of anilines is 1. The van der Waals surface area contributed by atoms with Gasteiger partial charge in [-0.15, -0.1) is 0 Å². The topological polar surface area (TPSA) is 58.4 Å². The zero-order valence-corrected chi connectivity index (χ0v) is 14.4. The summed E-state index contributed by atoms with van der Waals surface area (Å²) in [6.45, 7) is 2.92. The van der Waals surface area contributed by atoms with Crippen LogP contribution in [0.4, 0.5) is 5.69 Å². The Balaban J connectivity index is 2.41. The maximum absolute atomic E-state index is 11.9. The second-order valence-electron chi connectivity index (χ2n) is 5.02. The van der Waals surface area contributed by atoms with Gasteiger partial charge in [-0.3, -0.25) is 4.79 Å². The number of hydrogen-bond acceptors (Lipinski definition) is 4. The van der Waals surface area contributed by atoms with Gasteiger partial charge in [0.15, 0.2) is 0 Å². The molecular formula is C15H23N3OS2. The Morgan fingerprint density at radius 2 is 2.05 bits per heavy atom. The van der Waals surface area contributed by atoms with Crippen molar-refractivity contribution in [2.75, 3.05) is 30.9 Å². The minimum Gasteiger partial charge on any atom is -0.389 e. The van der Waals surface area contributed by atoms with Crippen LogP contribution in [0.2, 0.25) is 0 Å². The van der Waals surface area contributed by atoms with Crippen LogP contribution >= 0.6 is 24.0 Å². The zero-order valence-electron chi connectivity index (χ0n) is 12.8. The largest absolute Gasteiger partial charge is 0.389 e. The number of carbonyl (C=O) groups excluding carboxylic acids is 1. The average molecular weight is 326 g/mol. The molecule has 1 unspecified atom stereocenters. The molecule has 0 heterocycles. The molecule has 0 aliphatic carbocycles. The van der Waals surface area contributed by atoms with E-state index in [1.807, 2.05) is 43.1 Å². The van der Waals surface area contributed by atoms with Crippen molar-refractivity contribution >= 4 is 40.6 Å². The van der Waals surface area contributed by atoms with Crippen molar-refractivity contribution in [2.24, 2.45) is 5.73 Å². The van der Waals surface area contributed by atoms with Crippen LogP contribution in [-0.4, -0.2) is 47.4 Å². The molecule has 3 N–H and O–H groups in total. The van der Waals surface area contributed by atoms with E-state index in [9.17, 15) is 4.79 Å². The first kappa shape index (κ1) is 17.9. The summed E-state index contributed by atoms with van der Waals surface area (Å²) in [6.07, 6.45) is 2.57. The van der Waals surface area contributed by atoms with E-state index in [2.05, 4.69) is 23.4 Å². The van der Waals surface area contributed by atoms with Crippen LogP contribution < -0.4 is 11.1 Å². The predicted octanol–water partition coefficient (Wildman–Crippen LogP) is 2.33. The number of rotatable bonds is 8. The van der Waals surface area contributed by atoms with Gasteiger partial charge in [0.1, 0.15) is 4.99 Å². The molecule has 0 aliphatic heterocycles. The number of amides is 1. The van der Waals surface area contributed by atoms with Crippen molar-refractivity contribution in [2.45, 2.75) is 19.4 Å². The third-order valence-electron chi connectivity index (χ3n) is 3.31. The number of nitrogens with two attached hydrogens (primary N) is 1. The van der Waals surface area contributed by atoms with Gasteiger partial charge in [0.25, 0.3) is 0 Å². The van der Waals surface area contributed by atoms with Gasteiger partial charge in [0.2, 0.25) is 5.91 Å². The molecule has 0 aliphatic rings. The third-order valence-corrected chi connectivity index (χ3v) is 4.36. The van der Waals surface area contributed by atoms with Gasteiger partial charge < -0.3 is 16.0 Å². The van der Waals surface area contributed by atoms with Gasteiger partial charge in [-0.1, -0.05) is 12.2 Å². The van der Waals surface area contributed by atoms with Crippen LogP contribution in [0.15, 0.2) is 24.3 Å². The fraction of sp³-hybridized carbons (Fsp3) is 0.467. The van der Waals surface area contributed by atoms with Gasteiger partial charge in [0.05, 0.1) is 0 Å². The van der Waals surface area contributed by atoms with Crippen molar-refractivity contribution in [3.63, 3.8) is 0 Å². The Bertz CT molecular complexity index is 476. The molecule has 21 heavy (non-hydrogen) atoms. The van der Waals surface area contributed by atoms with Crippen LogP contribution in [0.5, 0.6) is 0 Å². The molecule has 0 radical (unpaired) electrons. The van der Waals surface area contributed by atoms with E-state index >= 15 is 0 Å². The minimum absolute atomic E-state index is 0.0151. The maximum Gasteiger partial charge on any atom is 0.225 e. The summed E-state index contributed by atoms with van der Waals surface area (Å²) in [5.74, 6) is 1.08. The van der Waals surface area contributed by atoms with E-state index in [0.29, 0.717) is 17.5 Å². The first-order chi connectivity index (χ1) is 9.93. The number of thiocarbonyl (C=S) groups is 1. The number of thioether (sulfide) groups is 1. The van der Waals surface area contributed by atoms with Crippen molar-refractivity contribution in [1.29, 1.82) is 0 Å². The molecule has 1 amide bonds. The molecule has 0 saturated heterocycles. The Morgan fingerprint density at radius 1 is 1.43 bits per heavy atom. The van der Waals surface area contributed by atoms with E-state index in [-0.39, 0.29) is 5.91 Å². The minimum atomic E-state index is 0.0151. The Kier molecular flexibility index (Phi) is 7.71. The molecule has 0 fully saturated rings. The molecular weight excluding hydrogens is 302 g/mol. The van der Waals surface area contributed by atoms with E-state index in [1.165, 1.54) is 0 Å². The fourth-order valence-electron chi connectivity index (χ4n) is 1.81. The van der Waals surface area contributed by atoms with E-state index < -0.39 is 0 Å². The highest BCUT2D eigenvalue weighted by molar-refractivity contribution is 7.98. The maximum atomic E-state index is 11.9. The summed E-state index contributed by atoms with van der Waals surface area (Å²) in [7, 11) is 2.05. The molecule has 1 aromatic carbocycles. The quantitative estimate of drug-likeness (QED) is 0.719. The summed E-state index contributed by atoms with van der Waals surface area (Å²) < 4.78 is 0. The Morgan fingerprint density at radius 3 is 2.57 bits per heavy atom. The highest BCUT2D eigenvalue weighted by Gasteiger charge is 2.10. The SMILES string of the molecule is CSCC(C)N(C)CCC(=O)Nc1ccc(C(N)=S)cc1. The first-order valence-electron chi connectivity index (χ1n) is 6.83. The van der Waals surface area contributed by atoms with Gasteiger partial charge >= 0.3 is 0 Å². The third kappa shape index (κ3) is 6.46. The lowest BCUT2D eigenvalue weighted by Crippen LogP contribution is -2.33. The zero-order chi connectivity index (χ0) is 15.8.